The Balaban J connectivity index is 1.78. The SMILES string of the molecule is COCCC(=O)N[C@H](C)C1CCN(c2nc(CC(C)C)ns2)CC1. The van der Waals surface area contributed by atoms with Crippen LogP contribution in [0.2, 0.25) is 0 Å². The molecule has 0 saturated carbocycles. The molecule has 2 heterocycles. The number of hydrogen-bond acceptors (Lipinski definition) is 6. The van der Waals surface area contributed by atoms with Crippen LogP contribution in [-0.4, -0.2) is 48.1 Å². The van der Waals surface area contributed by atoms with Crippen LogP contribution in [0.3, 0.4) is 0 Å². The van der Waals surface area contributed by atoms with Gasteiger partial charge in [-0.1, -0.05) is 13.8 Å². The van der Waals surface area contributed by atoms with Gasteiger partial charge >= 0.3 is 0 Å². The van der Waals surface area contributed by atoms with Gasteiger partial charge in [0.2, 0.25) is 11.0 Å². The molecule has 136 valence electrons. The number of aromatic nitrogens is 2. The average Bonchev–Trinajstić information content (AvgIpc) is 3.00. The summed E-state index contributed by atoms with van der Waals surface area (Å²) in [7, 11) is 1.62. The van der Waals surface area contributed by atoms with Crippen molar-refractivity contribution in [3.05, 3.63) is 5.82 Å². The maximum absolute atomic E-state index is 11.8. The Labute approximate surface area is 149 Å². The van der Waals surface area contributed by atoms with E-state index in [1.165, 1.54) is 11.5 Å². The lowest BCUT2D eigenvalue weighted by Gasteiger charge is -2.34. The molecule has 1 amide bonds. The van der Waals surface area contributed by atoms with E-state index in [2.05, 4.69) is 40.3 Å². The second-order valence-electron chi connectivity index (χ2n) is 7.01. The fourth-order valence-electron chi connectivity index (χ4n) is 3.05. The van der Waals surface area contributed by atoms with Crippen molar-refractivity contribution >= 4 is 22.6 Å². The van der Waals surface area contributed by atoms with Gasteiger partial charge in [-0.15, -0.1) is 0 Å². The Morgan fingerprint density at radius 3 is 2.71 bits per heavy atom. The molecule has 0 bridgehead atoms. The highest BCUT2D eigenvalue weighted by molar-refractivity contribution is 7.09. The van der Waals surface area contributed by atoms with E-state index in [0.717, 1.165) is 43.3 Å². The molecule has 0 spiro atoms. The molecule has 1 saturated heterocycles. The molecule has 2 rings (SSSR count). The second kappa shape index (κ2) is 9.32. The molecule has 1 aliphatic heterocycles. The summed E-state index contributed by atoms with van der Waals surface area (Å²) in [5.74, 6) is 2.15. The van der Waals surface area contributed by atoms with Gasteiger partial charge in [0, 0.05) is 50.6 Å². The van der Waals surface area contributed by atoms with Crippen LogP contribution >= 0.6 is 11.5 Å². The van der Waals surface area contributed by atoms with E-state index in [1.807, 2.05) is 0 Å². The van der Waals surface area contributed by atoms with E-state index in [4.69, 9.17) is 4.74 Å². The molecule has 1 aromatic rings. The maximum atomic E-state index is 11.8. The molecule has 0 aliphatic carbocycles. The Morgan fingerprint density at radius 1 is 1.38 bits per heavy atom. The number of nitrogens with one attached hydrogen (secondary N) is 1. The number of nitrogens with zero attached hydrogens (tertiary/aromatic N) is 3. The largest absolute Gasteiger partial charge is 0.384 e. The molecule has 0 radical (unpaired) electrons. The average molecular weight is 355 g/mol. The summed E-state index contributed by atoms with van der Waals surface area (Å²) in [6.45, 7) is 8.94. The third kappa shape index (κ3) is 5.70. The van der Waals surface area contributed by atoms with E-state index in [9.17, 15) is 4.79 Å². The molecule has 0 unspecified atom stereocenters. The highest BCUT2D eigenvalue weighted by atomic mass is 32.1. The Bertz CT molecular complexity index is 512. The van der Waals surface area contributed by atoms with Crippen LogP contribution in [-0.2, 0) is 16.0 Å². The predicted molar refractivity (Wildman–Crippen MR) is 97.5 cm³/mol. The molecule has 1 fully saturated rings. The van der Waals surface area contributed by atoms with E-state index in [-0.39, 0.29) is 11.9 Å². The second-order valence-corrected chi connectivity index (χ2v) is 7.74. The van der Waals surface area contributed by atoms with Gasteiger partial charge in [-0.3, -0.25) is 4.79 Å². The Morgan fingerprint density at radius 2 is 2.08 bits per heavy atom. The normalized spacial score (nSPS) is 17.3. The van der Waals surface area contributed by atoms with Crippen LogP contribution < -0.4 is 10.2 Å². The summed E-state index contributed by atoms with van der Waals surface area (Å²) in [4.78, 5) is 18.8. The van der Waals surface area contributed by atoms with Gasteiger partial charge in [0.15, 0.2) is 0 Å². The first-order valence-electron chi connectivity index (χ1n) is 8.85. The van der Waals surface area contributed by atoms with Gasteiger partial charge in [-0.05, 0) is 31.6 Å². The Hall–Kier alpha value is -1.21. The first-order valence-corrected chi connectivity index (χ1v) is 9.62. The van der Waals surface area contributed by atoms with Gasteiger partial charge in [-0.25, -0.2) is 4.98 Å². The molecule has 1 aliphatic rings. The molecular formula is C17H30N4O2S. The molecule has 24 heavy (non-hydrogen) atoms. The number of hydrogen-bond donors (Lipinski definition) is 1. The lowest BCUT2D eigenvalue weighted by Crippen LogP contribution is -2.44. The highest BCUT2D eigenvalue weighted by Crippen LogP contribution is 2.27. The summed E-state index contributed by atoms with van der Waals surface area (Å²) in [6, 6.07) is 0.211. The van der Waals surface area contributed by atoms with Crippen LogP contribution in [0.15, 0.2) is 0 Å². The number of carbonyl (C=O) groups is 1. The van der Waals surface area contributed by atoms with Gasteiger partial charge in [0.1, 0.15) is 5.82 Å². The third-order valence-electron chi connectivity index (χ3n) is 4.49. The van der Waals surface area contributed by atoms with Crippen LogP contribution in [0, 0.1) is 11.8 Å². The molecule has 1 atom stereocenters. The monoisotopic (exact) mass is 354 g/mol. The van der Waals surface area contributed by atoms with E-state index >= 15 is 0 Å². The molecule has 1 aromatic heterocycles. The number of ether oxygens (including phenoxy) is 1. The van der Waals surface area contributed by atoms with E-state index in [1.54, 1.807) is 7.11 Å². The van der Waals surface area contributed by atoms with E-state index in [0.29, 0.717) is 24.9 Å². The minimum Gasteiger partial charge on any atom is -0.384 e. The lowest BCUT2D eigenvalue weighted by molar-refractivity contribution is -0.122. The van der Waals surface area contributed by atoms with Gasteiger partial charge in [-0.2, -0.15) is 4.37 Å². The Kier molecular flexibility index (Phi) is 7.42. The van der Waals surface area contributed by atoms with Crippen molar-refractivity contribution in [2.45, 2.75) is 52.5 Å². The fourth-order valence-corrected chi connectivity index (χ4v) is 3.80. The van der Waals surface area contributed by atoms with Crippen molar-refractivity contribution in [3.8, 4) is 0 Å². The summed E-state index contributed by atoms with van der Waals surface area (Å²) >= 11 is 1.51. The first-order chi connectivity index (χ1) is 11.5. The quantitative estimate of drug-likeness (QED) is 0.777. The number of anilines is 1. The van der Waals surface area contributed by atoms with Crippen LogP contribution in [0.1, 0.15) is 45.9 Å². The topological polar surface area (TPSA) is 67.3 Å². The summed E-state index contributed by atoms with van der Waals surface area (Å²) in [5, 5.41) is 4.14. The minimum atomic E-state index is 0.0780. The smallest absolute Gasteiger partial charge is 0.222 e. The predicted octanol–water partition coefficient (Wildman–Crippen LogP) is 2.49. The zero-order valence-corrected chi connectivity index (χ0v) is 16.1. The fraction of sp³-hybridized carbons (Fsp3) is 0.824. The van der Waals surface area contributed by atoms with E-state index < -0.39 is 0 Å². The number of methoxy groups -OCH3 is 1. The molecule has 6 nitrogen and oxygen atoms in total. The third-order valence-corrected chi connectivity index (χ3v) is 5.30. The summed E-state index contributed by atoms with van der Waals surface area (Å²) < 4.78 is 9.42. The van der Waals surface area contributed by atoms with Crippen molar-refractivity contribution in [1.29, 1.82) is 0 Å². The van der Waals surface area contributed by atoms with Crippen molar-refractivity contribution in [3.63, 3.8) is 0 Å². The zero-order chi connectivity index (χ0) is 17.5. The number of carbonyl (C=O) groups excluding carboxylic acids is 1. The van der Waals surface area contributed by atoms with Crippen LogP contribution in [0.25, 0.3) is 0 Å². The van der Waals surface area contributed by atoms with Crippen molar-refractivity contribution in [1.82, 2.24) is 14.7 Å². The molecular weight excluding hydrogens is 324 g/mol. The number of amides is 1. The molecule has 0 aromatic carbocycles. The van der Waals surface area contributed by atoms with Gasteiger partial charge < -0.3 is 15.0 Å². The van der Waals surface area contributed by atoms with Gasteiger partial charge in [0.05, 0.1) is 6.61 Å². The van der Waals surface area contributed by atoms with Crippen LogP contribution in [0.5, 0.6) is 0 Å². The van der Waals surface area contributed by atoms with Crippen molar-refractivity contribution in [2.24, 2.45) is 11.8 Å². The molecule has 1 N–H and O–H groups in total. The number of rotatable bonds is 8. The minimum absolute atomic E-state index is 0.0780. The summed E-state index contributed by atoms with van der Waals surface area (Å²) in [5.41, 5.74) is 0. The first kappa shape index (κ1) is 19.1. The zero-order valence-electron chi connectivity index (χ0n) is 15.2. The maximum Gasteiger partial charge on any atom is 0.222 e. The van der Waals surface area contributed by atoms with Crippen molar-refractivity contribution in [2.75, 3.05) is 31.7 Å². The highest BCUT2D eigenvalue weighted by Gasteiger charge is 2.26. The summed E-state index contributed by atoms with van der Waals surface area (Å²) in [6.07, 6.45) is 3.52. The van der Waals surface area contributed by atoms with Crippen LogP contribution in [0.4, 0.5) is 5.13 Å². The van der Waals surface area contributed by atoms with Crippen molar-refractivity contribution < 1.29 is 9.53 Å². The molecule has 7 heteroatoms. The lowest BCUT2D eigenvalue weighted by atomic mass is 9.90. The van der Waals surface area contributed by atoms with Gasteiger partial charge in [0.25, 0.3) is 0 Å². The standard InChI is InChI=1S/C17H30N4O2S/c1-12(2)11-15-19-17(24-20-15)21-8-5-14(6-9-21)13(3)18-16(22)7-10-23-4/h12-14H,5-11H2,1-4H3,(H,18,22)/t13-/m1/s1. The number of piperidine rings is 1.